The maximum Gasteiger partial charge on any atom is 0.243 e. The normalized spacial score (nSPS) is 21.0. The van der Waals surface area contributed by atoms with Crippen LogP contribution in [0.2, 0.25) is 0 Å². The average molecular weight is 315 g/mol. The largest absolute Gasteiger partial charge is 0.396 e. The van der Waals surface area contributed by atoms with E-state index in [0.717, 1.165) is 23.5 Å². The first-order valence-corrected chi connectivity index (χ1v) is 9.44. The molecule has 0 amide bonds. The number of aliphatic hydroxyl groups excluding tert-OH is 1. The molecule has 4 nitrogen and oxygen atoms in total. The average Bonchev–Trinajstić information content (AvgIpc) is 2.46. The highest BCUT2D eigenvalue weighted by molar-refractivity contribution is 7.99. The summed E-state index contributed by atoms with van der Waals surface area (Å²) < 4.78 is 26.8. The van der Waals surface area contributed by atoms with Gasteiger partial charge >= 0.3 is 0 Å². The van der Waals surface area contributed by atoms with Crippen LogP contribution in [-0.4, -0.2) is 48.5 Å². The van der Waals surface area contributed by atoms with E-state index in [1.807, 2.05) is 19.1 Å². The zero-order valence-electron chi connectivity index (χ0n) is 11.7. The topological polar surface area (TPSA) is 57.6 Å². The molecule has 0 aromatic heterocycles. The van der Waals surface area contributed by atoms with Crippen LogP contribution in [0.1, 0.15) is 18.9 Å². The molecule has 1 N–H and O–H groups in total. The van der Waals surface area contributed by atoms with E-state index in [-0.39, 0.29) is 12.6 Å². The zero-order chi connectivity index (χ0) is 14.6. The minimum absolute atomic E-state index is 0.0489. The highest BCUT2D eigenvalue weighted by Gasteiger charge is 2.30. The Hall–Kier alpha value is -0.560. The molecule has 0 spiro atoms. The van der Waals surface area contributed by atoms with Gasteiger partial charge in [-0.3, -0.25) is 0 Å². The number of aryl methyl sites for hydroxylation is 1. The summed E-state index contributed by atoms with van der Waals surface area (Å²) in [6, 6.07) is 7.08. The molecule has 1 atom stereocenters. The van der Waals surface area contributed by atoms with Crippen LogP contribution in [0.4, 0.5) is 0 Å². The number of rotatable bonds is 5. The lowest BCUT2D eigenvalue weighted by atomic mass is 10.1. The maximum absolute atomic E-state index is 12.6. The smallest absolute Gasteiger partial charge is 0.243 e. The third-order valence-corrected chi connectivity index (χ3v) is 6.68. The predicted molar refractivity (Wildman–Crippen MR) is 82.5 cm³/mol. The van der Waals surface area contributed by atoms with Gasteiger partial charge in [-0.2, -0.15) is 16.1 Å². The second kappa shape index (κ2) is 6.93. The molecule has 1 aromatic rings. The molecule has 0 radical (unpaired) electrons. The Morgan fingerprint density at radius 2 is 2.05 bits per heavy atom. The van der Waals surface area contributed by atoms with Gasteiger partial charge in [-0.1, -0.05) is 12.1 Å². The first kappa shape index (κ1) is 15.8. The van der Waals surface area contributed by atoms with E-state index in [1.54, 1.807) is 28.2 Å². The number of hydrogen-bond acceptors (Lipinski definition) is 4. The number of nitrogens with zero attached hydrogens (tertiary/aromatic N) is 1. The minimum Gasteiger partial charge on any atom is -0.396 e. The van der Waals surface area contributed by atoms with Gasteiger partial charge in [0.15, 0.2) is 0 Å². The van der Waals surface area contributed by atoms with Gasteiger partial charge in [0.2, 0.25) is 10.0 Å². The fraction of sp³-hybridized carbons (Fsp3) is 0.571. The molecule has 0 saturated carbocycles. The van der Waals surface area contributed by atoms with Crippen molar-refractivity contribution in [3.63, 3.8) is 0 Å². The summed E-state index contributed by atoms with van der Waals surface area (Å²) >= 11 is 1.80. The van der Waals surface area contributed by atoms with Crippen LogP contribution in [0.25, 0.3) is 0 Å². The van der Waals surface area contributed by atoms with Crippen LogP contribution in [0, 0.1) is 0 Å². The molecule has 1 heterocycles. The molecule has 6 heteroatoms. The monoisotopic (exact) mass is 315 g/mol. The molecule has 1 aromatic carbocycles. The Balaban J connectivity index is 2.16. The number of benzene rings is 1. The fourth-order valence-electron chi connectivity index (χ4n) is 2.32. The molecule has 0 aliphatic carbocycles. The van der Waals surface area contributed by atoms with E-state index in [2.05, 4.69) is 0 Å². The first-order valence-electron chi connectivity index (χ1n) is 6.85. The van der Waals surface area contributed by atoms with E-state index in [1.165, 1.54) is 0 Å². The van der Waals surface area contributed by atoms with Crippen LogP contribution in [0.15, 0.2) is 29.2 Å². The summed E-state index contributed by atoms with van der Waals surface area (Å²) in [4.78, 5) is 0.365. The molecule has 0 bridgehead atoms. The van der Waals surface area contributed by atoms with Crippen molar-refractivity contribution in [2.75, 3.05) is 24.7 Å². The Bertz CT molecular complexity index is 528. The van der Waals surface area contributed by atoms with Crippen LogP contribution >= 0.6 is 11.8 Å². The van der Waals surface area contributed by atoms with E-state index in [0.29, 0.717) is 17.9 Å². The SMILES string of the molecule is CC1CSCCN1S(=O)(=O)c1ccc(CCCO)cc1. The Kier molecular flexibility index (Phi) is 5.49. The highest BCUT2D eigenvalue weighted by atomic mass is 32.2. The molecular formula is C14H21NO3S2. The lowest BCUT2D eigenvalue weighted by Gasteiger charge is -2.31. The Labute approximate surface area is 125 Å². The van der Waals surface area contributed by atoms with E-state index < -0.39 is 10.0 Å². The van der Waals surface area contributed by atoms with Crippen LogP contribution in [-0.2, 0) is 16.4 Å². The fourth-order valence-corrected chi connectivity index (χ4v) is 5.17. The van der Waals surface area contributed by atoms with Gasteiger partial charge in [0.25, 0.3) is 0 Å². The Morgan fingerprint density at radius 3 is 2.65 bits per heavy atom. The lowest BCUT2D eigenvalue weighted by molar-refractivity contribution is 0.288. The van der Waals surface area contributed by atoms with Crippen molar-refractivity contribution in [1.82, 2.24) is 4.31 Å². The quantitative estimate of drug-likeness (QED) is 0.899. The van der Waals surface area contributed by atoms with Gasteiger partial charge in [0.1, 0.15) is 0 Å². The second-order valence-corrected chi connectivity index (χ2v) is 8.05. The first-order chi connectivity index (χ1) is 9.55. The summed E-state index contributed by atoms with van der Waals surface area (Å²) in [5.74, 6) is 1.71. The number of thioether (sulfide) groups is 1. The van der Waals surface area contributed by atoms with Gasteiger partial charge in [-0.15, -0.1) is 0 Å². The molecular weight excluding hydrogens is 294 g/mol. The van der Waals surface area contributed by atoms with Gasteiger partial charge in [-0.05, 0) is 37.5 Å². The zero-order valence-corrected chi connectivity index (χ0v) is 13.3. The van der Waals surface area contributed by atoms with Gasteiger partial charge in [0.05, 0.1) is 4.90 Å². The number of sulfonamides is 1. The molecule has 1 unspecified atom stereocenters. The van der Waals surface area contributed by atoms with Crippen molar-refractivity contribution < 1.29 is 13.5 Å². The summed E-state index contributed by atoms with van der Waals surface area (Å²) in [7, 11) is -3.38. The van der Waals surface area contributed by atoms with Crippen molar-refractivity contribution in [1.29, 1.82) is 0 Å². The number of aliphatic hydroxyl groups is 1. The Morgan fingerprint density at radius 1 is 1.35 bits per heavy atom. The van der Waals surface area contributed by atoms with Crippen molar-refractivity contribution in [3.05, 3.63) is 29.8 Å². The third kappa shape index (κ3) is 3.55. The third-order valence-electron chi connectivity index (χ3n) is 3.46. The van der Waals surface area contributed by atoms with Crippen molar-refractivity contribution in [3.8, 4) is 0 Å². The molecule has 1 saturated heterocycles. The molecule has 112 valence electrons. The maximum atomic E-state index is 12.6. The minimum atomic E-state index is -3.38. The summed E-state index contributed by atoms with van der Waals surface area (Å²) in [6.45, 7) is 2.70. The van der Waals surface area contributed by atoms with E-state index in [4.69, 9.17) is 5.11 Å². The molecule has 1 aliphatic rings. The van der Waals surface area contributed by atoms with E-state index >= 15 is 0 Å². The standard InChI is InChI=1S/C14H21NO3S2/c1-12-11-19-10-8-15(12)20(17,18)14-6-4-13(5-7-14)3-2-9-16/h4-7,12,16H,2-3,8-11H2,1H3. The second-order valence-electron chi connectivity index (χ2n) is 5.01. The van der Waals surface area contributed by atoms with Gasteiger partial charge in [-0.25, -0.2) is 8.42 Å². The van der Waals surface area contributed by atoms with Gasteiger partial charge in [0, 0.05) is 30.7 Å². The predicted octanol–water partition coefficient (Wildman–Crippen LogP) is 1.74. The summed E-state index contributed by atoms with van der Waals surface area (Å²) in [5, 5.41) is 8.81. The highest BCUT2D eigenvalue weighted by Crippen LogP contribution is 2.24. The van der Waals surface area contributed by atoms with Crippen molar-refractivity contribution in [2.45, 2.75) is 30.7 Å². The van der Waals surface area contributed by atoms with Crippen LogP contribution in [0.3, 0.4) is 0 Å². The van der Waals surface area contributed by atoms with Crippen LogP contribution < -0.4 is 0 Å². The molecule has 1 aliphatic heterocycles. The molecule has 1 fully saturated rings. The number of hydrogen-bond donors (Lipinski definition) is 1. The van der Waals surface area contributed by atoms with Gasteiger partial charge < -0.3 is 5.11 Å². The summed E-state index contributed by atoms with van der Waals surface area (Å²) in [6.07, 6.45) is 1.47. The van der Waals surface area contributed by atoms with E-state index in [9.17, 15) is 8.42 Å². The lowest BCUT2D eigenvalue weighted by Crippen LogP contribution is -2.44. The van der Waals surface area contributed by atoms with Crippen molar-refractivity contribution in [2.24, 2.45) is 0 Å². The summed E-state index contributed by atoms with van der Waals surface area (Å²) in [5.41, 5.74) is 1.06. The van der Waals surface area contributed by atoms with Crippen LogP contribution in [0.5, 0.6) is 0 Å². The molecule has 2 rings (SSSR count). The molecule has 20 heavy (non-hydrogen) atoms. The van der Waals surface area contributed by atoms with Crippen molar-refractivity contribution >= 4 is 21.8 Å².